The van der Waals surface area contributed by atoms with Crippen LogP contribution in [0.15, 0.2) is 0 Å². The average Bonchev–Trinajstić information content (AvgIpc) is 2.29. The number of sulfone groups is 1. The molecular formula is C12H20F2O4S. The first-order chi connectivity index (χ1) is 8.56. The van der Waals surface area contributed by atoms with Gasteiger partial charge in [0.25, 0.3) is 5.92 Å². The predicted octanol–water partition coefficient (Wildman–Crippen LogP) is 2.04. The van der Waals surface area contributed by atoms with Crippen LogP contribution in [0.25, 0.3) is 0 Å². The Hall–Kier alpha value is -0.720. The van der Waals surface area contributed by atoms with Gasteiger partial charge in [-0.3, -0.25) is 4.79 Å². The van der Waals surface area contributed by atoms with Crippen LogP contribution in [0.1, 0.15) is 33.1 Å². The molecule has 0 amide bonds. The minimum absolute atomic E-state index is 0.0990. The summed E-state index contributed by atoms with van der Waals surface area (Å²) in [5.41, 5.74) is -2.23. The maximum atomic E-state index is 14.2. The highest BCUT2D eigenvalue weighted by molar-refractivity contribution is 7.91. The van der Waals surface area contributed by atoms with Gasteiger partial charge in [0, 0.05) is 6.42 Å². The Kier molecular flexibility index (Phi) is 4.59. The molecule has 0 aromatic carbocycles. The molecule has 1 rings (SSSR count). The molecule has 0 radical (unpaired) electrons. The number of ether oxygens (including phenoxy) is 1. The van der Waals surface area contributed by atoms with Gasteiger partial charge in [-0.15, -0.1) is 0 Å². The van der Waals surface area contributed by atoms with Gasteiger partial charge in [0.1, 0.15) is 5.41 Å². The Balaban J connectivity index is 3.20. The summed E-state index contributed by atoms with van der Waals surface area (Å²) < 4.78 is 56.2. The van der Waals surface area contributed by atoms with E-state index in [0.29, 0.717) is 6.42 Å². The van der Waals surface area contributed by atoms with Crippen LogP contribution in [0.5, 0.6) is 0 Å². The normalized spacial score (nSPS) is 29.2. The number of carbonyl (C=O) groups excluding carboxylic acids is 1. The lowest BCUT2D eigenvalue weighted by Gasteiger charge is -2.41. The van der Waals surface area contributed by atoms with Crippen LogP contribution in [0.3, 0.4) is 0 Å². The number of hydrogen-bond acceptors (Lipinski definition) is 4. The molecule has 4 nitrogen and oxygen atoms in total. The summed E-state index contributed by atoms with van der Waals surface area (Å²) in [6, 6.07) is 0. The molecule has 1 fully saturated rings. The zero-order valence-electron chi connectivity index (χ0n) is 11.4. The van der Waals surface area contributed by atoms with Crippen molar-refractivity contribution in [3.8, 4) is 0 Å². The van der Waals surface area contributed by atoms with Crippen LogP contribution in [0, 0.1) is 11.3 Å². The van der Waals surface area contributed by atoms with Crippen molar-refractivity contribution in [3.63, 3.8) is 0 Å². The molecule has 1 saturated heterocycles. The quantitative estimate of drug-likeness (QED) is 0.745. The van der Waals surface area contributed by atoms with E-state index in [1.807, 2.05) is 13.8 Å². The van der Waals surface area contributed by atoms with E-state index in [1.165, 1.54) is 0 Å². The Bertz CT molecular complexity index is 445. The highest BCUT2D eigenvalue weighted by atomic mass is 32.2. The van der Waals surface area contributed by atoms with Crippen LogP contribution >= 0.6 is 0 Å². The first-order valence-corrected chi connectivity index (χ1v) is 8.05. The first-order valence-electron chi connectivity index (χ1n) is 6.23. The number of rotatable bonds is 4. The summed E-state index contributed by atoms with van der Waals surface area (Å²) in [7, 11) is -2.63. The summed E-state index contributed by atoms with van der Waals surface area (Å²) in [5.74, 6) is -5.78. The summed E-state index contributed by atoms with van der Waals surface area (Å²) in [5, 5.41) is 0. The average molecular weight is 298 g/mol. The number of alkyl halides is 2. The van der Waals surface area contributed by atoms with Crippen molar-refractivity contribution in [2.24, 2.45) is 11.3 Å². The lowest BCUT2D eigenvalue weighted by atomic mass is 9.76. The summed E-state index contributed by atoms with van der Waals surface area (Å²) >= 11 is 0. The third-order valence-corrected chi connectivity index (χ3v) is 5.38. The number of hydrogen-bond donors (Lipinski definition) is 0. The van der Waals surface area contributed by atoms with Crippen LogP contribution in [-0.2, 0) is 19.4 Å². The van der Waals surface area contributed by atoms with Gasteiger partial charge in [-0.1, -0.05) is 13.8 Å². The monoisotopic (exact) mass is 298 g/mol. The second kappa shape index (κ2) is 5.34. The Morgan fingerprint density at radius 1 is 1.37 bits per heavy atom. The Labute approximate surface area is 112 Å². The summed E-state index contributed by atoms with van der Waals surface area (Å²) in [6.45, 7) is 3.67. The van der Waals surface area contributed by atoms with E-state index in [-0.39, 0.29) is 12.3 Å². The highest BCUT2D eigenvalue weighted by Crippen LogP contribution is 2.49. The zero-order chi connectivity index (χ0) is 14.9. The van der Waals surface area contributed by atoms with E-state index < -0.39 is 45.1 Å². The number of halogens is 2. The SMILES string of the molecule is COC(=O)C1(CCC(C)C)CS(=O)(=O)CCC1(F)F. The molecule has 0 N–H and O–H groups in total. The van der Waals surface area contributed by atoms with E-state index in [1.54, 1.807) is 0 Å². The number of methoxy groups -OCH3 is 1. The van der Waals surface area contributed by atoms with Crippen molar-refractivity contribution < 1.29 is 26.7 Å². The third kappa shape index (κ3) is 3.24. The third-order valence-electron chi connectivity index (χ3n) is 3.62. The molecule has 0 saturated carbocycles. The second-order valence-electron chi connectivity index (χ2n) is 5.55. The molecule has 1 aliphatic rings. The van der Waals surface area contributed by atoms with Gasteiger partial charge in [0.05, 0.1) is 18.6 Å². The van der Waals surface area contributed by atoms with Gasteiger partial charge in [0.15, 0.2) is 9.84 Å². The second-order valence-corrected chi connectivity index (χ2v) is 7.74. The fraction of sp³-hybridized carbons (Fsp3) is 0.917. The van der Waals surface area contributed by atoms with E-state index >= 15 is 0 Å². The lowest BCUT2D eigenvalue weighted by Crippen LogP contribution is -2.57. The van der Waals surface area contributed by atoms with Crippen LogP contribution < -0.4 is 0 Å². The molecule has 0 aliphatic carbocycles. The molecule has 19 heavy (non-hydrogen) atoms. The van der Waals surface area contributed by atoms with E-state index in [2.05, 4.69) is 4.74 Å². The Morgan fingerprint density at radius 3 is 2.42 bits per heavy atom. The Morgan fingerprint density at radius 2 is 1.95 bits per heavy atom. The minimum Gasteiger partial charge on any atom is -0.468 e. The maximum absolute atomic E-state index is 14.2. The number of carbonyl (C=O) groups is 1. The van der Waals surface area contributed by atoms with Crippen molar-refractivity contribution in [2.75, 3.05) is 18.6 Å². The highest BCUT2D eigenvalue weighted by Gasteiger charge is 2.63. The van der Waals surface area contributed by atoms with Crippen molar-refractivity contribution in [2.45, 2.75) is 39.0 Å². The zero-order valence-corrected chi connectivity index (χ0v) is 12.2. The van der Waals surface area contributed by atoms with Crippen molar-refractivity contribution in [1.29, 1.82) is 0 Å². The number of esters is 1. The van der Waals surface area contributed by atoms with E-state index in [0.717, 1.165) is 7.11 Å². The molecular weight excluding hydrogens is 278 g/mol. The van der Waals surface area contributed by atoms with Gasteiger partial charge in [-0.25, -0.2) is 17.2 Å². The fourth-order valence-electron chi connectivity index (χ4n) is 2.37. The van der Waals surface area contributed by atoms with E-state index in [9.17, 15) is 22.0 Å². The van der Waals surface area contributed by atoms with Crippen molar-refractivity contribution in [3.05, 3.63) is 0 Å². The van der Waals surface area contributed by atoms with Gasteiger partial charge in [-0.2, -0.15) is 0 Å². The van der Waals surface area contributed by atoms with E-state index in [4.69, 9.17) is 0 Å². The van der Waals surface area contributed by atoms with Gasteiger partial charge in [0.2, 0.25) is 0 Å². The largest absolute Gasteiger partial charge is 0.468 e. The molecule has 7 heteroatoms. The predicted molar refractivity (Wildman–Crippen MR) is 66.7 cm³/mol. The summed E-state index contributed by atoms with van der Waals surface area (Å²) in [6.07, 6.45) is -0.647. The summed E-state index contributed by atoms with van der Waals surface area (Å²) in [4.78, 5) is 11.8. The minimum atomic E-state index is -3.65. The smallest absolute Gasteiger partial charge is 0.319 e. The first kappa shape index (κ1) is 16.3. The topological polar surface area (TPSA) is 60.4 Å². The molecule has 0 aromatic heterocycles. The lowest BCUT2D eigenvalue weighted by molar-refractivity contribution is -0.182. The molecule has 1 aliphatic heterocycles. The molecule has 1 unspecified atom stereocenters. The molecule has 0 bridgehead atoms. The van der Waals surface area contributed by atoms with Gasteiger partial charge in [-0.05, 0) is 18.8 Å². The van der Waals surface area contributed by atoms with Crippen LogP contribution in [0.4, 0.5) is 8.78 Å². The molecule has 0 aromatic rings. The standard InChI is InChI=1S/C12H20F2O4S/c1-9(2)4-5-11(10(15)18-3)8-19(16,17)7-6-12(11,13)14/h9H,4-8H2,1-3H3. The van der Waals surface area contributed by atoms with Gasteiger partial charge < -0.3 is 4.74 Å². The molecule has 112 valence electrons. The molecule has 1 heterocycles. The molecule has 1 atom stereocenters. The van der Waals surface area contributed by atoms with Crippen LogP contribution in [-0.4, -0.2) is 38.9 Å². The fourth-order valence-corrected chi connectivity index (χ4v) is 4.31. The van der Waals surface area contributed by atoms with Gasteiger partial charge >= 0.3 is 5.97 Å². The van der Waals surface area contributed by atoms with Crippen LogP contribution in [0.2, 0.25) is 0 Å². The van der Waals surface area contributed by atoms with Crippen molar-refractivity contribution in [1.82, 2.24) is 0 Å². The molecule has 0 spiro atoms. The maximum Gasteiger partial charge on any atom is 0.319 e. The van der Waals surface area contributed by atoms with Crippen molar-refractivity contribution >= 4 is 15.8 Å².